The quantitative estimate of drug-likeness (QED) is 0.805. The van der Waals surface area contributed by atoms with Gasteiger partial charge in [-0.1, -0.05) is 42.5 Å². The van der Waals surface area contributed by atoms with E-state index in [2.05, 4.69) is 20.8 Å². The van der Waals surface area contributed by atoms with Gasteiger partial charge in [-0.15, -0.1) is 5.11 Å². The molecular weight excluding hydrogens is 238 g/mol. The Bertz CT molecular complexity index is 633. The van der Waals surface area contributed by atoms with E-state index < -0.39 is 0 Å². The second-order valence-electron chi connectivity index (χ2n) is 4.22. The summed E-state index contributed by atoms with van der Waals surface area (Å²) in [5.74, 6) is 0.541. The number of hydrogen-bond donors (Lipinski definition) is 2. The van der Waals surface area contributed by atoms with Crippen LogP contribution in [-0.2, 0) is 0 Å². The van der Waals surface area contributed by atoms with E-state index in [1.807, 2.05) is 54.6 Å². The summed E-state index contributed by atoms with van der Waals surface area (Å²) in [7, 11) is 0. The van der Waals surface area contributed by atoms with Crippen molar-refractivity contribution in [3.8, 4) is 0 Å². The Morgan fingerprint density at radius 3 is 2.53 bits per heavy atom. The number of anilines is 1. The topological polar surface area (TPSA) is 75.1 Å². The van der Waals surface area contributed by atoms with E-state index in [9.17, 15) is 0 Å². The Labute approximate surface area is 110 Å². The standard InChI is InChI=1S/C14H13N5/c15-12-8-4-7-11(9-12)14-18-16-13(17-19-14)10-5-2-1-3-6-10/h1-9,13,16H,15H2. The van der Waals surface area contributed by atoms with Gasteiger partial charge in [0.05, 0.1) is 0 Å². The first-order valence-electron chi connectivity index (χ1n) is 5.98. The molecule has 0 amide bonds. The van der Waals surface area contributed by atoms with E-state index in [0.717, 1.165) is 11.1 Å². The number of hydrazone groups is 1. The van der Waals surface area contributed by atoms with Crippen molar-refractivity contribution in [3.63, 3.8) is 0 Å². The molecule has 1 heterocycles. The maximum atomic E-state index is 5.74. The van der Waals surface area contributed by atoms with Crippen LogP contribution in [0.3, 0.4) is 0 Å². The molecular formula is C14H13N5. The van der Waals surface area contributed by atoms with Crippen LogP contribution in [-0.4, -0.2) is 5.84 Å². The van der Waals surface area contributed by atoms with Crippen LogP contribution in [0.15, 0.2) is 69.9 Å². The molecule has 0 fully saturated rings. The molecule has 3 rings (SSSR count). The van der Waals surface area contributed by atoms with Crippen molar-refractivity contribution in [1.82, 2.24) is 5.43 Å². The average molecular weight is 251 g/mol. The number of rotatable bonds is 2. The first-order valence-corrected chi connectivity index (χ1v) is 5.98. The molecule has 0 radical (unpaired) electrons. The molecule has 0 spiro atoms. The summed E-state index contributed by atoms with van der Waals surface area (Å²) >= 11 is 0. The molecule has 0 saturated carbocycles. The molecule has 19 heavy (non-hydrogen) atoms. The van der Waals surface area contributed by atoms with Gasteiger partial charge in [0.2, 0.25) is 5.84 Å². The average Bonchev–Trinajstić information content (AvgIpc) is 2.48. The van der Waals surface area contributed by atoms with Crippen molar-refractivity contribution in [2.24, 2.45) is 15.3 Å². The lowest BCUT2D eigenvalue weighted by molar-refractivity contribution is 0.542. The second kappa shape index (κ2) is 4.89. The Kier molecular flexibility index (Phi) is 2.94. The lowest BCUT2D eigenvalue weighted by atomic mass is 10.2. The molecule has 2 aromatic carbocycles. The maximum Gasteiger partial charge on any atom is 0.200 e. The number of amidine groups is 1. The number of nitrogen functional groups attached to an aromatic ring is 1. The second-order valence-corrected chi connectivity index (χ2v) is 4.22. The number of nitrogens with zero attached hydrogens (tertiary/aromatic N) is 3. The molecule has 5 heteroatoms. The van der Waals surface area contributed by atoms with Gasteiger partial charge in [0.1, 0.15) is 0 Å². The van der Waals surface area contributed by atoms with Crippen LogP contribution < -0.4 is 11.2 Å². The van der Waals surface area contributed by atoms with E-state index in [0.29, 0.717) is 11.5 Å². The van der Waals surface area contributed by atoms with Crippen LogP contribution in [0.5, 0.6) is 0 Å². The molecule has 5 nitrogen and oxygen atoms in total. The molecule has 1 atom stereocenters. The number of hydrogen-bond acceptors (Lipinski definition) is 5. The zero-order valence-electron chi connectivity index (χ0n) is 10.2. The predicted octanol–water partition coefficient (Wildman–Crippen LogP) is 2.68. The van der Waals surface area contributed by atoms with E-state index in [1.54, 1.807) is 0 Å². The monoisotopic (exact) mass is 251 g/mol. The van der Waals surface area contributed by atoms with Crippen LogP contribution in [0.25, 0.3) is 0 Å². The van der Waals surface area contributed by atoms with Crippen LogP contribution in [0.4, 0.5) is 5.69 Å². The lowest BCUT2D eigenvalue weighted by Crippen LogP contribution is -2.19. The zero-order valence-corrected chi connectivity index (χ0v) is 10.2. The first kappa shape index (κ1) is 11.4. The van der Waals surface area contributed by atoms with Gasteiger partial charge in [-0.3, -0.25) is 5.43 Å². The third-order valence-corrected chi connectivity index (χ3v) is 2.82. The minimum absolute atomic E-state index is 0.231. The summed E-state index contributed by atoms with van der Waals surface area (Å²) in [6, 6.07) is 17.3. The molecule has 3 N–H and O–H groups in total. The molecule has 1 aliphatic rings. The SMILES string of the molecule is Nc1cccc(C2=NNC(c3ccccc3)N=N2)c1. The fourth-order valence-electron chi connectivity index (χ4n) is 1.86. The van der Waals surface area contributed by atoms with E-state index >= 15 is 0 Å². The number of benzene rings is 2. The van der Waals surface area contributed by atoms with Gasteiger partial charge in [0, 0.05) is 11.3 Å². The third-order valence-electron chi connectivity index (χ3n) is 2.82. The number of azo groups is 1. The normalized spacial score (nSPS) is 17.7. The maximum absolute atomic E-state index is 5.74. The number of nitrogens with one attached hydrogen (secondary N) is 1. The summed E-state index contributed by atoms with van der Waals surface area (Å²) < 4.78 is 0. The Balaban J connectivity index is 1.80. The van der Waals surface area contributed by atoms with Crippen LogP contribution in [0.2, 0.25) is 0 Å². The molecule has 0 aromatic heterocycles. The lowest BCUT2D eigenvalue weighted by Gasteiger charge is -2.15. The van der Waals surface area contributed by atoms with Gasteiger partial charge >= 0.3 is 0 Å². The van der Waals surface area contributed by atoms with Gasteiger partial charge in [-0.05, 0) is 17.7 Å². The molecule has 2 aromatic rings. The predicted molar refractivity (Wildman–Crippen MR) is 74.6 cm³/mol. The minimum Gasteiger partial charge on any atom is -0.399 e. The van der Waals surface area contributed by atoms with Crippen molar-refractivity contribution < 1.29 is 0 Å². The minimum atomic E-state index is -0.231. The van der Waals surface area contributed by atoms with Crippen LogP contribution in [0.1, 0.15) is 17.3 Å². The van der Waals surface area contributed by atoms with Crippen molar-refractivity contribution in [2.45, 2.75) is 6.17 Å². The summed E-state index contributed by atoms with van der Waals surface area (Å²) in [6.07, 6.45) is -0.231. The van der Waals surface area contributed by atoms with Gasteiger partial charge < -0.3 is 5.73 Å². The zero-order chi connectivity index (χ0) is 13.1. The smallest absolute Gasteiger partial charge is 0.200 e. The van der Waals surface area contributed by atoms with Gasteiger partial charge in [0.25, 0.3) is 0 Å². The summed E-state index contributed by atoms with van der Waals surface area (Å²) in [5, 5.41) is 12.6. The summed E-state index contributed by atoms with van der Waals surface area (Å²) in [6.45, 7) is 0. The van der Waals surface area contributed by atoms with Gasteiger partial charge in [0.15, 0.2) is 6.17 Å². The van der Waals surface area contributed by atoms with E-state index in [-0.39, 0.29) is 6.17 Å². The van der Waals surface area contributed by atoms with Crippen molar-refractivity contribution >= 4 is 11.5 Å². The summed E-state index contributed by atoms with van der Waals surface area (Å²) in [5.41, 5.74) is 11.3. The van der Waals surface area contributed by atoms with Crippen molar-refractivity contribution in [2.75, 3.05) is 5.73 Å². The highest BCUT2D eigenvalue weighted by atomic mass is 15.4. The molecule has 1 unspecified atom stereocenters. The molecule has 0 saturated heterocycles. The Morgan fingerprint density at radius 1 is 1.00 bits per heavy atom. The summed E-state index contributed by atoms with van der Waals surface area (Å²) in [4.78, 5) is 0. The van der Waals surface area contributed by atoms with Crippen LogP contribution >= 0.6 is 0 Å². The van der Waals surface area contributed by atoms with E-state index in [4.69, 9.17) is 5.73 Å². The fourth-order valence-corrected chi connectivity index (χ4v) is 1.86. The molecule has 0 bridgehead atoms. The van der Waals surface area contributed by atoms with E-state index in [1.165, 1.54) is 0 Å². The Hall–Kier alpha value is -2.69. The highest BCUT2D eigenvalue weighted by Gasteiger charge is 2.14. The number of nitrogens with two attached hydrogens (primary N) is 1. The molecule has 1 aliphatic heterocycles. The largest absolute Gasteiger partial charge is 0.399 e. The third kappa shape index (κ3) is 2.44. The van der Waals surface area contributed by atoms with Crippen LogP contribution in [0, 0.1) is 0 Å². The Morgan fingerprint density at radius 2 is 1.84 bits per heavy atom. The fraction of sp³-hybridized carbons (Fsp3) is 0.0714. The van der Waals surface area contributed by atoms with Crippen molar-refractivity contribution in [1.29, 1.82) is 0 Å². The van der Waals surface area contributed by atoms with Gasteiger partial charge in [-0.2, -0.15) is 10.2 Å². The van der Waals surface area contributed by atoms with Crippen molar-refractivity contribution in [3.05, 3.63) is 65.7 Å². The first-order chi connectivity index (χ1) is 9.33. The highest BCUT2D eigenvalue weighted by molar-refractivity contribution is 5.99. The molecule has 94 valence electrons. The van der Waals surface area contributed by atoms with Gasteiger partial charge in [-0.25, -0.2) is 0 Å². The highest BCUT2D eigenvalue weighted by Crippen LogP contribution is 2.19. The molecule has 0 aliphatic carbocycles.